The molecule has 0 heterocycles. The molecule has 2 aromatic carbocycles. The molecule has 2 amide bonds. The number of esters is 1. The van der Waals surface area contributed by atoms with Crippen LogP contribution in [0.25, 0.3) is 0 Å². The van der Waals surface area contributed by atoms with Crippen molar-refractivity contribution in [2.45, 2.75) is 119 Å². The van der Waals surface area contributed by atoms with Gasteiger partial charge in [-0.1, -0.05) is 90.6 Å². The maximum absolute atomic E-state index is 14.1. The number of carbonyl (C=O) groups is 3. The summed E-state index contributed by atoms with van der Waals surface area (Å²) in [4.78, 5) is 32.6. The molecule has 4 atom stereocenters. The molecule has 0 aliphatic rings. The summed E-state index contributed by atoms with van der Waals surface area (Å²) in [6.45, 7) is 17.9. The van der Waals surface area contributed by atoms with Gasteiger partial charge in [0, 0.05) is 42.9 Å². The van der Waals surface area contributed by atoms with Gasteiger partial charge >= 0.3 is 5.97 Å². The molecule has 0 spiro atoms. The van der Waals surface area contributed by atoms with Gasteiger partial charge in [0.2, 0.25) is 12.3 Å². The molecule has 0 fully saturated rings. The summed E-state index contributed by atoms with van der Waals surface area (Å²) in [5, 5.41) is 7.57. The molecule has 52 heavy (non-hydrogen) atoms. The van der Waals surface area contributed by atoms with Gasteiger partial charge in [0.25, 0.3) is 0 Å². The molecule has 10 heteroatoms. The second-order valence-corrected chi connectivity index (χ2v) is 13.7. The number of primary amides is 1. The second-order valence-electron chi connectivity index (χ2n) is 13.3. The summed E-state index contributed by atoms with van der Waals surface area (Å²) >= 11 is 5.91. The average molecular weight is 748 g/mol. The minimum atomic E-state index is -0.517. The monoisotopic (exact) mass is 747 g/mol. The number of methoxy groups -OCH3 is 2. The molecule has 3 N–H and O–H groups in total. The number of amides is 2. The lowest BCUT2D eigenvalue weighted by molar-refractivity contribution is -0.138. The molecular weight excluding hydrogens is 681 g/mol. The smallest absolute Gasteiger partial charge is 0.302 e. The Bertz CT molecular complexity index is 1290. The van der Waals surface area contributed by atoms with Crippen LogP contribution in [0.4, 0.5) is 4.39 Å². The molecule has 0 saturated carbocycles. The number of nitrogens with two attached hydrogens (primary N) is 1. The number of halogens is 2. The second kappa shape index (κ2) is 30.9. The van der Waals surface area contributed by atoms with Crippen molar-refractivity contribution in [1.29, 1.82) is 5.41 Å². The van der Waals surface area contributed by atoms with Crippen molar-refractivity contribution < 1.29 is 28.2 Å². The van der Waals surface area contributed by atoms with E-state index in [0.717, 1.165) is 81.1 Å². The summed E-state index contributed by atoms with van der Waals surface area (Å²) in [6.07, 6.45) is 12.3. The van der Waals surface area contributed by atoms with E-state index in [2.05, 4.69) is 58.4 Å². The molecule has 0 aromatic heterocycles. The first-order valence-electron chi connectivity index (χ1n) is 18.4. The predicted octanol–water partition coefficient (Wildman–Crippen LogP) is 10.5. The van der Waals surface area contributed by atoms with Crippen LogP contribution in [0.3, 0.4) is 0 Å². The molecular formula is C42H67ClFN3O5. The van der Waals surface area contributed by atoms with Crippen LogP contribution >= 0.6 is 11.6 Å². The number of benzene rings is 2. The van der Waals surface area contributed by atoms with Gasteiger partial charge in [-0.15, -0.1) is 0 Å². The zero-order valence-corrected chi connectivity index (χ0v) is 34.2. The van der Waals surface area contributed by atoms with Crippen LogP contribution in [0.2, 0.25) is 5.02 Å². The molecule has 4 unspecified atom stereocenters. The zero-order valence-electron chi connectivity index (χ0n) is 33.5. The van der Waals surface area contributed by atoms with Crippen molar-refractivity contribution in [1.82, 2.24) is 4.90 Å². The molecule has 8 nitrogen and oxygen atoms in total. The average Bonchev–Trinajstić information content (AvgIpc) is 3.12. The highest BCUT2D eigenvalue weighted by molar-refractivity contribution is 6.30. The maximum atomic E-state index is 14.1. The van der Waals surface area contributed by atoms with E-state index < -0.39 is 5.91 Å². The highest BCUT2D eigenvalue weighted by Crippen LogP contribution is 2.32. The van der Waals surface area contributed by atoms with Crippen molar-refractivity contribution in [3.05, 3.63) is 76.6 Å². The predicted molar refractivity (Wildman–Crippen MR) is 215 cm³/mol. The van der Waals surface area contributed by atoms with E-state index in [1.165, 1.54) is 38.2 Å². The maximum Gasteiger partial charge on any atom is 0.302 e. The molecule has 2 rings (SSSR count). The first-order chi connectivity index (χ1) is 24.6. The van der Waals surface area contributed by atoms with Crippen LogP contribution < -0.4 is 10.5 Å². The first-order valence-corrected chi connectivity index (χ1v) is 18.8. The van der Waals surface area contributed by atoms with Crippen molar-refractivity contribution in [2.24, 2.45) is 17.6 Å². The van der Waals surface area contributed by atoms with Crippen LogP contribution in [0, 0.1) is 23.1 Å². The van der Waals surface area contributed by atoms with Gasteiger partial charge in [0.05, 0.1) is 14.2 Å². The number of hydrogen-bond acceptors (Lipinski definition) is 6. The zero-order chi connectivity index (χ0) is 40.1. The fraction of sp³-hybridized carbons (Fsp3) is 0.571. The van der Waals surface area contributed by atoms with E-state index in [4.69, 9.17) is 27.5 Å². The van der Waals surface area contributed by atoms with E-state index in [0.29, 0.717) is 35.1 Å². The number of nitrogens with one attached hydrogen (secondary N) is 1. The lowest BCUT2D eigenvalue weighted by Crippen LogP contribution is -2.25. The number of hydrogen-bond donors (Lipinski definition) is 2. The van der Waals surface area contributed by atoms with Crippen LogP contribution in [-0.4, -0.2) is 56.2 Å². The third-order valence-electron chi connectivity index (χ3n) is 8.73. The third kappa shape index (κ3) is 26.1. The molecule has 0 bridgehead atoms. The summed E-state index contributed by atoms with van der Waals surface area (Å²) in [5.41, 5.74) is 7.20. The van der Waals surface area contributed by atoms with Crippen molar-refractivity contribution in [3.63, 3.8) is 0 Å². The lowest BCUT2D eigenvalue weighted by Gasteiger charge is -2.21. The van der Waals surface area contributed by atoms with Crippen molar-refractivity contribution >= 4 is 35.6 Å². The molecule has 0 radical (unpaired) electrons. The Morgan fingerprint density at radius 2 is 1.52 bits per heavy atom. The largest absolute Gasteiger partial charge is 0.497 e. The Balaban J connectivity index is 0. The van der Waals surface area contributed by atoms with Crippen LogP contribution in [0.15, 0.2) is 54.6 Å². The lowest BCUT2D eigenvalue weighted by atomic mass is 9.85. The minimum Gasteiger partial charge on any atom is -0.497 e. The number of nitrogens with zero attached hydrogens (tertiary/aromatic N) is 1. The normalized spacial score (nSPS) is 12.6. The SMILES string of the molecule is CC(=N)/C=C\C(N)=O.CCC(C)CCN(C=O)CCCC(C)c1ccc(Cl)cc1.CCCC(CC(C)CC)c1ccc(OC)cc1F.COC(C)=O. The standard InChI is InChI=1S/C18H28ClNO.C16H25FO.C5H8N2O.C3H6O2/c1-4-15(2)11-13-20(14-21)12-5-6-16(3)17-7-9-18(19)10-8-17;1-5-7-13(10-12(3)6-2)15-9-8-14(18-4)11-16(15)17;1-4(6)2-3-5(7)8;1-3(4)5-2/h7-10,14-16H,4-6,11-13H2,1-3H3;8-9,11-13H,5-7,10H2,1-4H3;2-3,6H,1H3,(H2,7,8);1-2H3/b;;3-2-,6-4?;. The molecule has 0 aliphatic heterocycles. The van der Waals surface area contributed by atoms with Gasteiger partial charge in [-0.3, -0.25) is 14.4 Å². The topological polar surface area (TPSA) is 123 Å². The van der Waals surface area contributed by atoms with E-state index >= 15 is 0 Å². The Morgan fingerprint density at radius 3 is 1.94 bits per heavy atom. The highest BCUT2D eigenvalue weighted by Gasteiger charge is 2.18. The fourth-order valence-electron chi connectivity index (χ4n) is 4.94. The van der Waals surface area contributed by atoms with E-state index in [1.807, 2.05) is 29.2 Å². The quantitative estimate of drug-likeness (QED) is 0.0641. The van der Waals surface area contributed by atoms with Gasteiger partial charge in [0.1, 0.15) is 11.6 Å². The van der Waals surface area contributed by atoms with Crippen molar-refractivity contribution in [3.8, 4) is 5.75 Å². The van der Waals surface area contributed by atoms with Gasteiger partial charge in [-0.2, -0.15) is 0 Å². The third-order valence-corrected chi connectivity index (χ3v) is 8.98. The van der Waals surface area contributed by atoms with E-state index in [9.17, 15) is 18.8 Å². The Hall–Kier alpha value is -3.72. The summed E-state index contributed by atoms with van der Waals surface area (Å²) < 4.78 is 23.2. The van der Waals surface area contributed by atoms with E-state index in [-0.39, 0.29) is 11.8 Å². The number of carbonyl (C=O) groups excluding carboxylic acids is 3. The molecule has 294 valence electrons. The summed E-state index contributed by atoms with van der Waals surface area (Å²) in [6, 6.07) is 13.3. The van der Waals surface area contributed by atoms with Crippen molar-refractivity contribution in [2.75, 3.05) is 27.3 Å². The fourth-order valence-corrected chi connectivity index (χ4v) is 5.07. The van der Waals surface area contributed by atoms with Gasteiger partial charge in [0.15, 0.2) is 0 Å². The van der Waals surface area contributed by atoms with E-state index in [1.54, 1.807) is 14.0 Å². The number of rotatable bonds is 19. The Morgan fingerprint density at radius 1 is 0.923 bits per heavy atom. The summed E-state index contributed by atoms with van der Waals surface area (Å²) in [7, 11) is 2.92. The highest BCUT2D eigenvalue weighted by atomic mass is 35.5. The summed E-state index contributed by atoms with van der Waals surface area (Å²) in [5.74, 6) is 1.87. The molecule has 2 aromatic rings. The number of allylic oxidation sites excluding steroid dienone is 1. The van der Waals surface area contributed by atoms with Crippen LogP contribution in [-0.2, 0) is 19.1 Å². The van der Waals surface area contributed by atoms with Crippen LogP contribution in [0.5, 0.6) is 5.75 Å². The number of ether oxygens (including phenoxy) is 2. The van der Waals surface area contributed by atoms with Crippen LogP contribution in [0.1, 0.15) is 130 Å². The Labute approximate surface area is 319 Å². The van der Waals surface area contributed by atoms with Gasteiger partial charge < -0.3 is 25.5 Å². The Kier molecular flexibility index (Phi) is 29.9. The molecule has 0 saturated heterocycles. The first kappa shape index (κ1) is 50.4. The minimum absolute atomic E-state index is 0.129. The van der Waals surface area contributed by atoms with Gasteiger partial charge in [-0.05, 0) is 98.1 Å². The van der Waals surface area contributed by atoms with Gasteiger partial charge in [-0.25, -0.2) is 4.39 Å². The molecule has 0 aliphatic carbocycles.